The summed E-state index contributed by atoms with van der Waals surface area (Å²) in [6.45, 7) is 2.34. The maximum atomic E-state index is 12.6. The molecule has 2 aromatic rings. The van der Waals surface area contributed by atoms with Crippen molar-refractivity contribution in [1.29, 1.82) is 0 Å². The van der Waals surface area contributed by atoms with Crippen LogP contribution in [0.3, 0.4) is 0 Å². The summed E-state index contributed by atoms with van der Waals surface area (Å²) in [6, 6.07) is 14.8. The van der Waals surface area contributed by atoms with E-state index < -0.39 is 11.8 Å². The number of rotatable bonds is 6. The highest BCUT2D eigenvalue weighted by Crippen LogP contribution is 2.20. The molecule has 1 aliphatic carbocycles. The average molecular weight is 393 g/mol. The van der Waals surface area contributed by atoms with Gasteiger partial charge >= 0.3 is 11.8 Å². The molecule has 1 saturated carbocycles. The van der Waals surface area contributed by atoms with E-state index in [1.807, 2.05) is 24.3 Å². The van der Waals surface area contributed by atoms with E-state index in [1.54, 1.807) is 24.3 Å². The van der Waals surface area contributed by atoms with Crippen molar-refractivity contribution < 1.29 is 14.4 Å². The van der Waals surface area contributed by atoms with E-state index in [0.717, 1.165) is 37.7 Å². The van der Waals surface area contributed by atoms with Crippen LogP contribution < -0.4 is 16.0 Å². The van der Waals surface area contributed by atoms with E-state index in [4.69, 9.17) is 0 Å². The molecule has 3 rings (SSSR count). The fraction of sp³-hybridized carbons (Fsp3) is 0.348. The molecule has 0 aromatic heterocycles. The van der Waals surface area contributed by atoms with Crippen molar-refractivity contribution in [3.63, 3.8) is 0 Å². The number of anilines is 1. The molecule has 1 fully saturated rings. The van der Waals surface area contributed by atoms with Gasteiger partial charge in [-0.25, -0.2) is 0 Å². The fourth-order valence-corrected chi connectivity index (χ4v) is 3.46. The Kier molecular flexibility index (Phi) is 7.00. The smallest absolute Gasteiger partial charge is 0.313 e. The lowest BCUT2D eigenvalue weighted by molar-refractivity contribution is -0.136. The lowest BCUT2D eigenvalue weighted by Gasteiger charge is -2.15. The number of aryl methyl sites for hydroxylation is 1. The summed E-state index contributed by atoms with van der Waals surface area (Å²) >= 11 is 0. The topological polar surface area (TPSA) is 87.3 Å². The Labute approximate surface area is 171 Å². The van der Waals surface area contributed by atoms with Crippen LogP contribution in [0, 0.1) is 0 Å². The third-order valence-corrected chi connectivity index (χ3v) is 5.20. The molecular weight excluding hydrogens is 366 g/mol. The van der Waals surface area contributed by atoms with Crippen LogP contribution in [0.25, 0.3) is 0 Å². The summed E-state index contributed by atoms with van der Waals surface area (Å²) in [5, 5.41) is 8.17. The lowest BCUT2D eigenvalue weighted by atomic mass is 10.1. The van der Waals surface area contributed by atoms with Crippen LogP contribution in [0.15, 0.2) is 48.5 Å². The number of carbonyl (C=O) groups excluding carboxylic acids is 3. The predicted molar refractivity (Wildman–Crippen MR) is 112 cm³/mol. The summed E-state index contributed by atoms with van der Waals surface area (Å²) < 4.78 is 0. The molecule has 1 aliphatic rings. The van der Waals surface area contributed by atoms with Crippen molar-refractivity contribution in [3.8, 4) is 0 Å². The highest BCUT2D eigenvalue weighted by atomic mass is 16.2. The van der Waals surface area contributed by atoms with Crippen molar-refractivity contribution in [2.75, 3.05) is 5.32 Å². The van der Waals surface area contributed by atoms with Crippen LogP contribution >= 0.6 is 0 Å². The van der Waals surface area contributed by atoms with Gasteiger partial charge in [0.1, 0.15) is 0 Å². The molecule has 0 bridgehead atoms. The van der Waals surface area contributed by atoms with Gasteiger partial charge in [0.2, 0.25) is 0 Å². The molecule has 0 heterocycles. The minimum atomic E-state index is -0.795. The zero-order valence-electron chi connectivity index (χ0n) is 16.7. The van der Waals surface area contributed by atoms with Gasteiger partial charge in [-0.2, -0.15) is 0 Å². The monoisotopic (exact) mass is 393 g/mol. The molecule has 152 valence electrons. The Bertz CT molecular complexity index is 871. The average Bonchev–Trinajstić information content (AvgIpc) is 3.25. The first-order valence-corrected chi connectivity index (χ1v) is 10.1. The quantitative estimate of drug-likeness (QED) is 0.659. The molecule has 0 unspecified atom stereocenters. The highest BCUT2D eigenvalue weighted by molar-refractivity contribution is 6.40. The Balaban J connectivity index is 1.57. The first kappa shape index (κ1) is 20.6. The minimum absolute atomic E-state index is 0.175. The first-order chi connectivity index (χ1) is 14.1. The predicted octanol–water partition coefficient (Wildman–Crippen LogP) is 3.18. The Morgan fingerprint density at radius 3 is 2.24 bits per heavy atom. The molecule has 3 N–H and O–H groups in total. The largest absolute Gasteiger partial charge is 0.349 e. The van der Waals surface area contributed by atoms with Gasteiger partial charge in [0.25, 0.3) is 5.91 Å². The number of benzene rings is 2. The van der Waals surface area contributed by atoms with E-state index in [-0.39, 0.29) is 18.5 Å². The lowest BCUT2D eigenvalue weighted by Crippen LogP contribution is -2.36. The Hall–Kier alpha value is -3.15. The van der Waals surface area contributed by atoms with E-state index >= 15 is 0 Å². The van der Waals surface area contributed by atoms with Crippen molar-refractivity contribution in [2.24, 2.45) is 0 Å². The molecule has 0 aliphatic heterocycles. The SMILES string of the molecule is CCc1ccc(CNC(=O)C(=O)Nc2ccccc2C(=O)NC2CCCC2)cc1. The van der Waals surface area contributed by atoms with Gasteiger partial charge in [-0.3, -0.25) is 14.4 Å². The fourth-order valence-electron chi connectivity index (χ4n) is 3.46. The van der Waals surface area contributed by atoms with Crippen molar-refractivity contribution in [2.45, 2.75) is 51.6 Å². The van der Waals surface area contributed by atoms with Crippen LogP contribution in [0.5, 0.6) is 0 Å². The van der Waals surface area contributed by atoms with Crippen molar-refractivity contribution in [1.82, 2.24) is 10.6 Å². The number of amides is 3. The van der Waals surface area contributed by atoms with Crippen LogP contribution in [-0.2, 0) is 22.6 Å². The summed E-state index contributed by atoms with van der Waals surface area (Å²) in [6.07, 6.45) is 5.13. The molecule has 6 nitrogen and oxygen atoms in total. The number of hydrogen-bond acceptors (Lipinski definition) is 3. The standard InChI is InChI=1S/C23H27N3O3/c1-2-16-11-13-17(14-12-16)15-24-22(28)23(29)26-20-10-6-5-9-19(20)21(27)25-18-7-3-4-8-18/h5-6,9-14,18H,2-4,7-8,15H2,1H3,(H,24,28)(H,25,27)(H,26,29). The van der Waals surface area contributed by atoms with Gasteiger partial charge in [0, 0.05) is 12.6 Å². The highest BCUT2D eigenvalue weighted by Gasteiger charge is 2.21. The molecular formula is C23H27N3O3. The van der Waals surface area contributed by atoms with Gasteiger partial charge in [-0.05, 0) is 42.5 Å². The second kappa shape index (κ2) is 9.87. The normalized spacial score (nSPS) is 13.7. The summed E-state index contributed by atoms with van der Waals surface area (Å²) in [5.74, 6) is -1.77. The number of para-hydroxylation sites is 1. The molecule has 0 spiro atoms. The third kappa shape index (κ3) is 5.67. The molecule has 2 aromatic carbocycles. The zero-order valence-corrected chi connectivity index (χ0v) is 16.7. The molecule has 0 radical (unpaired) electrons. The minimum Gasteiger partial charge on any atom is -0.349 e. The molecule has 0 atom stereocenters. The Morgan fingerprint density at radius 1 is 0.897 bits per heavy atom. The second-order valence-electron chi connectivity index (χ2n) is 7.31. The zero-order chi connectivity index (χ0) is 20.6. The number of nitrogens with one attached hydrogen (secondary N) is 3. The van der Waals surface area contributed by atoms with E-state index in [1.165, 1.54) is 5.56 Å². The summed E-state index contributed by atoms with van der Waals surface area (Å²) in [4.78, 5) is 37.1. The van der Waals surface area contributed by atoms with E-state index in [2.05, 4.69) is 22.9 Å². The van der Waals surface area contributed by atoms with Crippen LogP contribution in [0.1, 0.15) is 54.1 Å². The van der Waals surface area contributed by atoms with Crippen molar-refractivity contribution >= 4 is 23.4 Å². The second-order valence-corrected chi connectivity index (χ2v) is 7.31. The number of carbonyl (C=O) groups is 3. The summed E-state index contributed by atoms with van der Waals surface area (Å²) in [7, 11) is 0. The maximum Gasteiger partial charge on any atom is 0.313 e. The third-order valence-electron chi connectivity index (χ3n) is 5.20. The van der Waals surface area contributed by atoms with Gasteiger partial charge < -0.3 is 16.0 Å². The van der Waals surface area contributed by atoms with E-state index in [9.17, 15) is 14.4 Å². The van der Waals surface area contributed by atoms with Gasteiger partial charge in [0.15, 0.2) is 0 Å². The maximum absolute atomic E-state index is 12.6. The van der Waals surface area contributed by atoms with Gasteiger partial charge in [-0.15, -0.1) is 0 Å². The molecule has 3 amide bonds. The van der Waals surface area contributed by atoms with Crippen LogP contribution in [0.2, 0.25) is 0 Å². The van der Waals surface area contributed by atoms with E-state index in [0.29, 0.717) is 11.3 Å². The summed E-state index contributed by atoms with van der Waals surface area (Å²) in [5.41, 5.74) is 2.82. The first-order valence-electron chi connectivity index (χ1n) is 10.1. The number of hydrogen-bond donors (Lipinski definition) is 3. The molecule has 6 heteroatoms. The van der Waals surface area contributed by atoms with Crippen molar-refractivity contribution in [3.05, 3.63) is 65.2 Å². The van der Waals surface area contributed by atoms with Gasteiger partial charge in [-0.1, -0.05) is 56.2 Å². The van der Waals surface area contributed by atoms with Crippen LogP contribution in [-0.4, -0.2) is 23.8 Å². The Morgan fingerprint density at radius 2 is 1.55 bits per heavy atom. The molecule has 0 saturated heterocycles. The van der Waals surface area contributed by atoms with Gasteiger partial charge in [0.05, 0.1) is 11.3 Å². The van der Waals surface area contributed by atoms with Crippen LogP contribution in [0.4, 0.5) is 5.69 Å². The molecule has 29 heavy (non-hydrogen) atoms.